The number of hydrogen-bond acceptors (Lipinski definition) is 6. The van der Waals surface area contributed by atoms with Crippen LogP contribution in [0.5, 0.6) is 0 Å². The first-order valence-corrected chi connectivity index (χ1v) is 11.6. The van der Waals surface area contributed by atoms with Gasteiger partial charge in [0.1, 0.15) is 27.6 Å². The predicted molar refractivity (Wildman–Crippen MR) is 117 cm³/mol. The average Bonchev–Trinajstić information content (AvgIpc) is 3.56. The van der Waals surface area contributed by atoms with Gasteiger partial charge in [-0.05, 0) is 56.5 Å². The smallest absolute Gasteiger partial charge is 0.274 e. The summed E-state index contributed by atoms with van der Waals surface area (Å²) in [5, 5.41) is 2.47. The predicted octanol–water partition coefficient (Wildman–Crippen LogP) is 4.88. The van der Waals surface area contributed by atoms with E-state index in [4.69, 9.17) is 5.73 Å². The van der Waals surface area contributed by atoms with Crippen molar-refractivity contribution in [1.29, 1.82) is 0 Å². The molecule has 0 radical (unpaired) electrons. The van der Waals surface area contributed by atoms with E-state index in [0.29, 0.717) is 0 Å². The Balaban J connectivity index is 1.68. The molecule has 4 rings (SSSR count). The molecule has 7 nitrogen and oxygen atoms in total. The lowest BCUT2D eigenvalue weighted by molar-refractivity contribution is 0.102. The summed E-state index contributed by atoms with van der Waals surface area (Å²) in [4.78, 5) is 20.5. The molecule has 1 fully saturated rings. The van der Waals surface area contributed by atoms with Crippen LogP contribution in [-0.2, 0) is 5.54 Å². The lowest BCUT2D eigenvalue weighted by atomic mass is 9.92. The molecule has 1 saturated carbocycles. The Morgan fingerprint density at radius 3 is 2.55 bits per heavy atom. The van der Waals surface area contributed by atoms with E-state index in [-0.39, 0.29) is 46.7 Å². The highest BCUT2D eigenvalue weighted by Crippen LogP contribution is 2.73. The molecule has 33 heavy (non-hydrogen) atoms. The molecule has 1 aliphatic carbocycles. The van der Waals surface area contributed by atoms with Gasteiger partial charge < -0.3 is 11.1 Å². The summed E-state index contributed by atoms with van der Waals surface area (Å²) in [7, 11) is -3.89. The fourth-order valence-corrected chi connectivity index (χ4v) is 6.33. The zero-order valence-corrected chi connectivity index (χ0v) is 18.5. The second-order valence-electron chi connectivity index (χ2n) is 8.43. The average molecular weight is 486 g/mol. The maximum absolute atomic E-state index is 15.4. The van der Waals surface area contributed by atoms with Crippen LogP contribution in [-0.4, -0.2) is 36.1 Å². The van der Waals surface area contributed by atoms with Crippen molar-refractivity contribution in [1.82, 2.24) is 4.98 Å². The minimum atomic E-state index is -3.89. The minimum Gasteiger partial charge on any atom is -0.386 e. The number of halogens is 4. The van der Waals surface area contributed by atoms with Crippen LogP contribution >= 0.6 is 10.6 Å². The molecule has 0 bridgehead atoms. The quantitative estimate of drug-likeness (QED) is 0.459. The topological polar surface area (TPSA) is 121 Å². The highest BCUT2D eigenvalue weighted by Gasteiger charge is 2.67. The van der Waals surface area contributed by atoms with Gasteiger partial charge in [0.2, 0.25) is 5.50 Å². The fourth-order valence-electron chi connectivity index (χ4n) is 4.06. The molecule has 0 saturated heterocycles. The first-order valence-electron chi connectivity index (χ1n) is 9.96. The van der Waals surface area contributed by atoms with Crippen molar-refractivity contribution in [2.75, 3.05) is 5.32 Å². The van der Waals surface area contributed by atoms with Crippen LogP contribution in [0.15, 0.2) is 35.5 Å². The molecule has 1 aromatic carbocycles. The molecule has 2 atom stereocenters. The second-order valence-corrected chi connectivity index (χ2v) is 10.8. The van der Waals surface area contributed by atoms with Gasteiger partial charge in [-0.3, -0.25) is 23.9 Å². The van der Waals surface area contributed by atoms with E-state index in [1.165, 1.54) is 19.9 Å². The number of benzene rings is 1. The molecule has 5 N–H and O–H groups in total. The SMILES string of the molecule is Cc1cc(C(F)F)cnc1C(=O)Nc1ccc(F)c([C@@]2(C)N=C(N)C3(CC3)S(O)(O)[C@H]2F)c1. The number of nitrogens with zero attached hydrogens (tertiary/aromatic N) is 2. The van der Waals surface area contributed by atoms with Gasteiger partial charge in [-0.2, -0.15) is 0 Å². The molecule has 1 spiro atoms. The first-order chi connectivity index (χ1) is 15.3. The molecule has 2 aliphatic rings. The van der Waals surface area contributed by atoms with Gasteiger partial charge in [0.25, 0.3) is 12.3 Å². The number of amidine groups is 1. The zero-order valence-electron chi connectivity index (χ0n) is 17.7. The molecule has 1 aliphatic heterocycles. The number of nitrogens with two attached hydrogens (primary N) is 1. The summed E-state index contributed by atoms with van der Waals surface area (Å²) in [6.45, 7) is 2.64. The van der Waals surface area contributed by atoms with Gasteiger partial charge in [-0.15, -0.1) is 10.6 Å². The number of amides is 1. The summed E-state index contributed by atoms with van der Waals surface area (Å²) in [5.41, 5.74) is 1.04. The number of hydrogen-bond donors (Lipinski definition) is 4. The van der Waals surface area contributed by atoms with Gasteiger partial charge in [0.15, 0.2) is 0 Å². The standard InChI is InChI=1S/C21H22F4N4O3S/c1-10-7-11(16(23)24)9-27-15(10)17(30)28-12-3-4-14(22)13(8-12)20(2)18(25)33(31,32)21(5-6-21)19(26)29-20/h3-4,7-9,16,18,31-32H,5-6H2,1-2H3,(H2,26,29)(H,28,30)/t18-,20-/m1/s1. The summed E-state index contributed by atoms with van der Waals surface area (Å²) in [6.07, 6.45) is -1.31. The second kappa shape index (κ2) is 7.67. The van der Waals surface area contributed by atoms with Crippen molar-refractivity contribution in [3.63, 3.8) is 0 Å². The maximum atomic E-state index is 15.4. The van der Waals surface area contributed by atoms with Crippen LogP contribution in [0.1, 0.15) is 53.4 Å². The van der Waals surface area contributed by atoms with Gasteiger partial charge in [-0.1, -0.05) is 0 Å². The summed E-state index contributed by atoms with van der Waals surface area (Å²) in [5.74, 6) is -1.78. The Bertz CT molecular complexity index is 1170. The Morgan fingerprint density at radius 1 is 1.30 bits per heavy atom. The maximum Gasteiger partial charge on any atom is 0.274 e. The molecular weight excluding hydrogens is 464 g/mol. The monoisotopic (exact) mass is 486 g/mol. The van der Waals surface area contributed by atoms with Crippen molar-refractivity contribution < 1.29 is 31.5 Å². The number of pyridine rings is 1. The molecule has 12 heteroatoms. The normalized spacial score (nSPS) is 26.1. The van der Waals surface area contributed by atoms with Gasteiger partial charge in [0, 0.05) is 23.0 Å². The number of carbonyl (C=O) groups is 1. The number of nitrogens with one attached hydrogen (secondary N) is 1. The van der Waals surface area contributed by atoms with Crippen LogP contribution < -0.4 is 11.1 Å². The fraction of sp³-hybridized carbons (Fsp3) is 0.381. The van der Waals surface area contributed by atoms with Crippen LogP contribution in [0, 0.1) is 12.7 Å². The van der Waals surface area contributed by atoms with Gasteiger partial charge in [-0.25, -0.2) is 17.6 Å². The summed E-state index contributed by atoms with van der Waals surface area (Å²) in [6, 6.07) is 4.45. The number of aryl methyl sites for hydroxylation is 1. The van der Waals surface area contributed by atoms with Crippen LogP contribution in [0.2, 0.25) is 0 Å². The molecule has 178 valence electrons. The van der Waals surface area contributed by atoms with Crippen LogP contribution in [0.25, 0.3) is 0 Å². The van der Waals surface area contributed by atoms with E-state index >= 15 is 4.39 Å². The molecule has 1 aromatic heterocycles. The van der Waals surface area contributed by atoms with E-state index in [1.54, 1.807) is 0 Å². The molecule has 2 heterocycles. The highest BCUT2D eigenvalue weighted by molar-refractivity contribution is 8.26. The van der Waals surface area contributed by atoms with Gasteiger partial charge in [0.05, 0.1) is 0 Å². The number of alkyl halides is 3. The number of rotatable bonds is 4. The Morgan fingerprint density at radius 2 is 1.97 bits per heavy atom. The number of carbonyl (C=O) groups excluding carboxylic acids is 1. The number of aliphatic imine (C=N–C) groups is 1. The summed E-state index contributed by atoms with van der Waals surface area (Å²) >= 11 is 0. The Labute approximate surface area is 188 Å². The minimum absolute atomic E-state index is 0.0425. The Hall–Kier alpha value is -2.70. The van der Waals surface area contributed by atoms with Crippen molar-refractivity contribution in [2.24, 2.45) is 10.7 Å². The van der Waals surface area contributed by atoms with Crippen molar-refractivity contribution >= 4 is 28.0 Å². The number of anilines is 1. The highest BCUT2D eigenvalue weighted by atomic mass is 32.3. The lowest BCUT2D eigenvalue weighted by Gasteiger charge is -2.51. The first kappa shape index (κ1) is 23.5. The van der Waals surface area contributed by atoms with Crippen LogP contribution in [0.4, 0.5) is 23.2 Å². The van der Waals surface area contributed by atoms with Crippen molar-refractivity contribution in [3.8, 4) is 0 Å². The largest absolute Gasteiger partial charge is 0.386 e. The van der Waals surface area contributed by atoms with Crippen molar-refractivity contribution in [2.45, 2.75) is 48.9 Å². The zero-order chi connectivity index (χ0) is 24.3. The van der Waals surface area contributed by atoms with Crippen LogP contribution in [0.3, 0.4) is 0 Å². The third-order valence-corrected chi connectivity index (χ3v) is 8.97. The van der Waals surface area contributed by atoms with E-state index in [2.05, 4.69) is 15.3 Å². The van der Waals surface area contributed by atoms with Crippen molar-refractivity contribution in [3.05, 3.63) is 58.7 Å². The molecule has 1 amide bonds. The van der Waals surface area contributed by atoms with E-state index in [0.717, 1.165) is 24.4 Å². The van der Waals surface area contributed by atoms with E-state index in [1.807, 2.05) is 0 Å². The third kappa shape index (κ3) is 3.56. The van der Waals surface area contributed by atoms with Gasteiger partial charge >= 0.3 is 0 Å². The molecule has 2 aromatic rings. The van der Waals surface area contributed by atoms with E-state index in [9.17, 15) is 27.1 Å². The lowest BCUT2D eigenvalue weighted by Crippen LogP contribution is -2.52. The summed E-state index contributed by atoms with van der Waals surface area (Å²) < 4.78 is 75.8. The van der Waals surface area contributed by atoms with E-state index < -0.39 is 44.5 Å². The molecular formula is C21H22F4N4O3S. The number of aromatic nitrogens is 1. The third-order valence-electron chi connectivity index (χ3n) is 6.17. The Kier molecular flexibility index (Phi) is 5.45. The molecule has 0 unspecified atom stereocenters.